The van der Waals surface area contributed by atoms with E-state index in [1.165, 1.54) is 0 Å². The fraction of sp³-hybridized carbons (Fsp3) is 0.231. The molecule has 5 nitrogen and oxygen atoms in total. The maximum atomic E-state index is 12.6. The van der Waals surface area contributed by atoms with Gasteiger partial charge in [-0.25, -0.2) is 4.98 Å². The second kappa shape index (κ2) is 6.28. The monoisotopic (exact) mass is 357 g/mol. The average Bonchev–Trinajstić information content (AvgIpc) is 3.15. The van der Waals surface area contributed by atoms with Crippen LogP contribution in [0.1, 0.15) is 12.6 Å². The number of thiazole rings is 1. The van der Waals surface area contributed by atoms with Crippen LogP contribution in [0.15, 0.2) is 39.4 Å². The van der Waals surface area contributed by atoms with Crippen LogP contribution in [0.4, 0.5) is 13.2 Å². The summed E-state index contributed by atoms with van der Waals surface area (Å²) in [6, 6.07) is 3.63. The highest BCUT2D eigenvalue weighted by atomic mass is 32.2. The predicted octanol–water partition coefficient (Wildman–Crippen LogP) is 3.99. The molecule has 0 fully saturated rings. The van der Waals surface area contributed by atoms with E-state index >= 15 is 0 Å². The van der Waals surface area contributed by atoms with Gasteiger partial charge in [-0.15, -0.1) is 21.5 Å². The molecule has 120 valence electrons. The van der Waals surface area contributed by atoms with E-state index in [2.05, 4.69) is 20.2 Å². The minimum atomic E-state index is -4.44. The molecule has 0 spiro atoms. The Morgan fingerprint density at radius 1 is 1.30 bits per heavy atom. The van der Waals surface area contributed by atoms with Gasteiger partial charge in [-0.2, -0.15) is 13.2 Å². The molecule has 23 heavy (non-hydrogen) atoms. The Bertz CT molecular complexity index is 798. The molecule has 0 unspecified atom stereocenters. The van der Waals surface area contributed by atoms with Gasteiger partial charge in [-0.3, -0.25) is 4.98 Å². The van der Waals surface area contributed by atoms with Crippen LogP contribution in [0.3, 0.4) is 0 Å². The van der Waals surface area contributed by atoms with Crippen molar-refractivity contribution in [2.45, 2.75) is 29.1 Å². The molecule has 0 saturated carbocycles. The number of hydrogen-bond acceptors (Lipinski definition) is 6. The lowest BCUT2D eigenvalue weighted by Crippen LogP contribution is -2.04. The molecule has 0 saturated heterocycles. The number of nitrogens with zero attached hydrogens (tertiary/aromatic N) is 5. The molecule has 10 heteroatoms. The summed E-state index contributed by atoms with van der Waals surface area (Å²) in [5, 5.41) is 9.67. The molecule has 0 radical (unpaired) electrons. The van der Waals surface area contributed by atoms with E-state index in [0.717, 1.165) is 34.0 Å². The fourth-order valence-corrected chi connectivity index (χ4v) is 3.69. The van der Waals surface area contributed by atoms with Crippen LogP contribution in [0, 0.1) is 0 Å². The third-order valence-corrected chi connectivity index (χ3v) is 4.83. The van der Waals surface area contributed by atoms with Crippen molar-refractivity contribution >= 4 is 23.1 Å². The standard InChI is InChI=1S/C13H10F3N5S2/c1-2-21-10(8-4-3-5-17-6-8)19-20-11(21)23-12-18-9(7-22-12)13(14,15)16/h3-7H,2H2,1H3. The highest BCUT2D eigenvalue weighted by molar-refractivity contribution is 8.00. The summed E-state index contributed by atoms with van der Waals surface area (Å²) in [7, 11) is 0. The van der Waals surface area contributed by atoms with E-state index in [1.807, 2.05) is 17.6 Å². The SMILES string of the molecule is CCn1c(Sc2nc(C(F)(F)F)cs2)nnc1-c1cccnc1. The molecule has 0 aromatic carbocycles. The number of halogens is 3. The maximum Gasteiger partial charge on any atom is 0.434 e. The molecule has 0 atom stereocenters. The van der Waals surface area contributed by atoms with Crippen molar-refractivity contribution in [1.29, 1.82) is 0 Å². The van der Waals surface area contributed by atoms with Crippen LogP contribution in [0.5, 0.6) is 0 Å². The quantitative estimate of drug-likeness (QED) is 0.707. The number of hydrogen-bond donors (Lipinski definition) is 0. The zero-order valence-electron chi connectivity index (χ0n) is 11.8. The summed E-state index contributed by atoms with van der Waals surface area (Å²) in [6.45, 7) is 2.49. The van der Waals surface area contributed by atoms with Crippen molar-refractivity contribution in [3.63, 3.8) is 0 Å². The van der Waals surface area contributed by atoms with Gasteiger partial charge in [0.25, 0.3) is 0 Å². The van der Waals surface area contributed by atoms with Crippen LogP contribution < -0.4 is 0 Å². The second-order valence-electron chi connectivity index (χ2n) is 4.39. The Kier molecular flexibility index (Phi) is 4.35. The Labute approximate surface area is 137 Å². The molecular weight excluding hydrogens is 347 g/mol. The zero-order valence-corrected chi connectivity index (χ0v) is 13.4. The first-order valence-corrected chi connectivity index (χ1v) is 8.23. The molecule has 0 aliphatic heterocycles. The summed E-state index contributed by atoms with van der Waals surface area (Å²) in [5.41, 5.74) is -0.0936. The second-order valence-corrected chi connectivity index (χ2v) is 6.46. The van der Waals surface area contributed by atoms with Crippen molar-refractivity contribution in [2.24, 2.45) is 0 Å². The first kappa shape index (κ1) is 15.9. The van der Waals surface area contributed by atoms with Crippen LogP contribution >= 0.6 is 23.1 Å². The topological polar surface area (TPSA) is 56.5 Å². The van der Waals surface area contributed by atoms with Crippen LogP contribution in [0.25, 0.3) is 11.4 Å². The van der Waals surface area contributed by atoms with Gasteiger partial charge in [0.05, 0.1) is 0 Å². The average molecular weight is 357 g/mol. The lowest BCUT2D eigenvalue weighted by atomic mass is 10.3. The van der Waals surface area contributed by atoms with Crippen molar-refractivity contribution in [1.82, 2.24) is 24.7 Å². The smallest absolute Gasteiger partial charge is 0.302 e. The minimum absolute atomic E-state index is 0.275. The molecule has 0 bridgehead atoms. The Morgan fingerprint density at radius 2 is 2.13 bits per heavy atom. The number of aromatic nitrogens is 5. The highest BCUT2D eigenvalue weighted by Crippen LogP contribution is 2.36. The number of rotatable bonds is 4. The van der Waals surface area contributed by atoms with E-state index in [9.17, 15) is 13.2 Å². The molecule has 3 heterocycles. The van der Waals surface area contributed by atoms with Gasteiger partial charge >= 0.3 is 6.18 Å². The Balaban J connectivity index is 1.90. The summed E-state index contributed by atoms with van der Waals surface area (Å²) < 4.78 is 39.9. The van der Waals surface area contributed by atoms with Crippen LogP contribution in [-0.2, 0) is 12.7 Å². The first-order valence-electron chi connectivity index (χ1n) is 6.53. The normalized spacial score (nSPS) is 11.8. The molecule has 0 N–H and O–H groups in total. The maximum absolute atomic E-state index is 12.6. The van der Waals surface area contributed by atoms with Crippen molar-refractivity contribution < 1.29 is 13.2 Å². The van der Waals surface area contributed by atoms with E-state index in [-0.39, 0.29) is 4.34 Å². The lowest BCUT2D eigenvalue weighted by molar-refractivity contribution is -0.141. The largest absolute Gasteiger partial charge is 0.434 e. The molecule has 3 aromatic heterocycles. The van der Waals surface area contributed by atoms with E-state index in [0.29, 0.717) is 17.5 Å². The van der Waals surface area contributed by atoms with Gasteiger partial charge in [0.15, 0.2) is 21.0 Å². The van der Waals surface area contributed by atoms with Crippen LogP contribution in [-0.4, -0.2) is 24.7 Å². The van der Waals surface area contributed by atoms with Gasteiger partial charge in [0.2, 0.25) is 0 Å². The Hall–Kier alpha value is -1.94. The predicted molar refractivity (Wildman–Crippen MR) is 80.2 cm³/mol. The third kappa shape index (κ3) is 3.37. The van der Waals surface area contributed by atoms with E-state index < -0.39 is 11.9 Å². The molecule has 0 amide bonds. The molecule has 0 aliphatic rings. The van der Waals surface area contributed by atoms with Gasteiger partial charge < -0.3 is 4.57 Å². The minimum Gasteiger partial charge on any atom is -0.302 e. The van der Waals surface area contributed by atoms with Crippen molar-refractivity contribution in [3.8, 4) is 11.4 Å². The molecule has 3 aromatic rings. The van der Waals surface area contributed by atoms with Crippen LogP contribution in [0.2, 0.25) is 0 Å². The van der Waals surface area contributed by atoms with Crippen molar-refractivity contribution in [2.75, 3.05) is 0 Å². The van der Waals surface area contributed by atoms with Gasteiger partial charge in [-0.1, -0.05) is 0 Å². The van der Waals surface area contributed by atoms with E-state index in [4.69, 9.17) is 0 Å². The van der Waals surface area contributed by atoms with Gasteiger partial charge in [0, 0.05) is 29.9 Å². The van der Waals surface area contributed by atoms with Crippen molar-refractivity contribution in [3.05, 3.63) is 35.6 Å². The lowest BCUT2D eigenvalue weighted by Gasteiger charge is -2.05. The fourth-order valence-electron chi connectivity index (χ4n) is 1.87. The molecule has 3 rings (SSSR count). The first-order chi connectivity index (χ1) is 11.0. The Morgan fingerprint density at radius 3 is 2.74 bits per heavy atom. The zero-order chi connectivity index (χ0) is 16.4. The van der Waals surface area contributed by atoms with Gasteiger partial charge in [-0.05, 0) is 30.8 Å². The van der Waals surface area contributed by atoms with Gasteiger partial charge in [0.1, 0.15) is 0 Å². The summed E-state index contributed by atoms with van der Waals surface area (Å²) in [4.78, 5) is 7.63. The molecular formula is C13H10F3N5S2. The molecule has 0 aliphatic carbocycles. The number of alkyl halides is 3. The summed E-state index contributed by atoms with van der Waals surface area (Å²) in [6.07, 6.45) is -1.12. The summed E-state index contributed by atoms with van der Waals surface area (Å²) in [5.74, 6) is 0.621. The van der Waals surface area contributed by atoms with E-state index in [1.54, 1.807) is 18.5 Å². The highest BCUT2D eigenvalue weighted by Gasteiger charge is 2.34. The summed E-state index contributed by atoms with van der Waals surface area (Å²) >= 11 is 2.00. The number of pyridine rings is 1. The third-order valence-electron chi connectivity index (χ3n) is 2.90.